The number of carbonyl (C=O) groups is 2. The van der Waals surface area contributed by atoms with Crippen molar-refractivity contribution in [3.8, 4) is 16.2 Å². The van der Waals surface area contributed by atoms with Gasteiger partial charge in [0.15, 0.2) is 5.78 Å². The van der Waals surface area contributed by atoms with Crippen molar-refractivity contribution in [1.29, 1.82) is 0 Å². The number of benzene rings is 1. The van der Waals surface area contributed by atoms with Gasteiger partial charge >= 0.3 is 0 Å². The Balaban J connectivity index is 1.46. The number of fused-ring (bicyclic) bond motifs is 1. The van der Waals surface area contributed by atoms with Crippen LogP contribution in [0.25, 0.3) is 10.4 Å². The van der Waals surface area contributed by atoms with Gasteiger partial charge in [0, 0.05) is 28.1 Å². The summed E-state index contributed by atoms with van der Waals surface area (Å²) in [6, 6.07) is 7.94. The van der Waals surface area contributed by atoms with E-state index < -0.39 is 6.04 Å². The second-order valence-electron chi connectivity index (χ2n) is 7.90. The Morgan fingerprint density at radius 2 is 2.10 bits per heavy atom. The molecular formula is C23H24FN3O3S. The fraction of sp³-hybridized carbons (Fsp3) is 0.348. The molecule has 1 amide bonds. The summed E-state index contributed by atoms with van der Waals surface area (Å²) in [5, 5.41) is 7.30. The Hall–Kier alpha value is -3.00. The van der Waals surface area contributed by atoms with Gasteiger partial charge in [-0.25, -0.2) is 4.39 Å². The van der Waals surface area contributed by atoms with Crippen molar-refractivity contribution in [3.63, 3.8) is 0 Å². The number of aromatic nitrogens is 2. The molecule has 1 aromatic carbocycles. The third-order valence-electron chi connectivity index (χ3n) is 5.38. The number of ketones is 1. The molecule has 0 saturated carbocycles. The van der Waals surface area contributed by atoms with E-state index in [4.69, 9.17) is 4.74 Å². The van der Waals surface area contributed by atoms with E-state index in [0.717, 1.165) is 21.8 Å². The number of thiophene rings is 1. The van der Waals surface area contributed by atoms with Crippen molar-refractivity contribution in [3.05, 3.63) is 58.0 Å². The normalized spacial score (nSPS) is 16.0. The standard InChI is InChI=1S/C23H24FN3O3S/c1-12-7-13(2)27(26-12)14(3)23(29)25-11-18-9-16-8-17(24)10-19(22(16)30-18)21-6-5-20(31-21)15(4)28/h5-8,10,14,18H,9,11H2,1-4H3,(H,25,29)/t14-,18-/m1/s1. The SMILES string of the molecule is CC(=O)c1ccc(-c2cc(F)cc3c2O[C@@H](CNC(=O)[C@@H](C)n2nc(C)cc2C)C3)s1. The lowest BCUT2D eigenvalue weighted by Crippen LogP contribution is -2.38. The Labute approximate surface area is 184 Å². The summed E-state index contributed by atoms with van der Waals surface area (Å²) in [5.74, 6) is 0.0891. The van der Waals surface area contributed by atoms with Crippen molar-refractivity contribution in [2.75, 3.05) is 6.54 Å². The van der Waals surface area contributed by atoms with Crippen LogP contribution in [0.4, 0.5) is 4.39 Å². The molecule has 8 heteroatoms. The molecule has 0 saturated heterocycles. The minimum atomic E-state index is -0.443. The number of aryl methyl sites for hydroxylation is 2. The molecule has 2 atom stereocenters. The van der Waals surface area contributed by atoms with Crippen molar-refractivity contribution in [2.24, 2.45) is 0 Å². The van der Waals surface area contributed by atoms with Crippen LogP contribution in [0.2, 0.25) is 0 Å². The summed E-state index contributed by atoms with van der Waals surface area (Å²) in [4.78, 5) is 25.7. The Bertz CT molecular complexity index is 1170. The monoisotopic (exact) mass is 441 g/mol. The van der Waals surface area contributed by atoms with Crippen LogP contribution >= 0.6 is 11.3 Å². The summed E-state index contributed by atoms with van der Waals surface area (Å²) in [5.41, 5.74) is 3.18. The highest BCUT2D eigenvalue weighted by Gasteiger charge is 2.29. The van der Waals surface area contributed by atoms with Gasteiger partial charge in [0.25, 0.3) is 0 Å². The van der Waals surface area contributed by atoms with Crippen molar-refractivity contribution in [2.45, 2.75) is 46.3 Å². The fourth-order valence-electron chi connectivity index (χ4n) is 3.87. The zero-order valence-corrected chi connectivity index (χ0v) is 18.7. The first-order valence-electron chi connectivity index (χ1n) is 10.1. The summed E-state index contributed by atoms with van der Waals surface area (Å²) in [6.45, 7) is 7.42. The smallest absolute Gasteiger partial charge is 0.244 e. The van der Waals surface area contributed by atoms with Gasteiger partial charge < -0.3 is 10.1 Å². The molecule has 0 radical (unpaired) electrons. The van der Waals surface area contributed by atoms with Gasteiger partial charge in [0.1, 0.15) is 23.7 Å². The quantitative estimate of drug-likeness (QED) is 0.581. The van der Waals surface area contributed by atoms with Gasteiger partial charge in [-0.05, 0) is 58.0 Å². The molecule has 0 spiro atoms. The average Bonchev–Trinajstić information content (AvgIpc) is 3.42. The average molecular weight is 442 g/mol. The van der Waals surface area contributed by atoms with Crippen LogP contribution in [0.3, 0.4) is 0 Å². The number of amides is 1. The number of halogens is 1. The second-order valence-corrected chi connectivity index (χ2v) is 8.98. The molecular weight excluding hydrogens is 417 g/mol. The minimum absolute atomic E-state index is 0.0254. The molecule has 1 aliphatic heterocycles. The maximum Gasteiger partial charge on any atom is 0.244 e. The zero-order chi connectivity index (χ0) is 22.3. The first kappa shape index (κ1) is 21.2. The molecule has 2 aromatic heterocycles. The molecule has 0 aliphatic carbocycles. The van der Waals surface area contributed by atoms with Crippen molar-refractivity contribution < 1.29 is 18.7 Å². The van der Waals surface area contributed by atoms with E-state index in [1.807, 2.05) is 26.0 Å². The molecule has 0 unspecified atom stereocenters. The molecule has 0 fully saturated rings. The molecule has 162 valence electrons. The van der Waals surface area contributed by atoms with E-state index in [-0.39, 0.29) is 23.6 Å². The number of hydrogen-bond acceptors (Lipinski definition) is 5. The predicted octanol–water partition coefficient (Wildman–Crippen LogP) is 4.25. The summed E-state index contributed by atoms with van der Waals surface area (Å²) < 4.78 is 22.0. The van der Waals surface area contributed by atoms with E-state index >= 15 is 0 Å². The van der Waals surface area contributed by atoms with Gasteiger partial charge in [0.2, 0.25) is 5.91 Å². The number of hydrogen-bond donors (Lipinski definition) is 1. The van der Waals surface area contributed by atoms with Crippen LogP contribution in [-0.2, 0) is 11.2 Å². The fourth-order valence-corrected chi connectivity index (χ4v) is 4.79. The molecule has 3 aromatic rings. The lowest BCUT2D eigenvalue weighted by molar-refractivity contribution is -0.124. The van der Waals surface area contributed by atoms with Gasteiger partial charge in [-0.1, -0.05) is 0 Å². The Kier molecular flexibility index (Phi) is 5.66. The van der Waals surface area contributed by atoms with Crippen LogP contribution in [-0.4, -0.2) is 34.1 Å². The minimum Gasteiger partial charge on any atom is -0.487 e. The zero-order valence-electron chi connectivity index (χ0n) is 17.9. The maximum absolute atomic E-state index is 14.3. The largest absolute Gasteiger partial charge is 0.487 e. The van der Waals surface area contributed by atoms with Gasteiger partial charge in [-0.2, -0.15) is 5.10 Å². The first-order valence-corrected chi connectivity index (χ1v) is 10.9. The third kappa shape index (κ3) is 4.25. The molecule has 0 bridgehead atoms. The van der Waals surface area contributed by atoms with Gasteiger partial charge in [-0.15, -0.1) is 11.3 Å². The summed E-state index contributed by atoms with van der Waals surface area (Å²) in [6.07, 6.45) is 0.207. The summed E-state index contributed by atoms with van der Waals surface area (Å²) in [7, 11) is 0. The van der Waals surface area contributed by atoms with E-state index in [0.29, 0.717) is 29.2 Å². The van der Waals surface area contributed by atoms with Crippen LogP contribution in [0, 0.1) is 19.7 Å². The number of Topliss-reactive ketones (excluding diaryl/α,β-unsaturated/α-hetero) is 1. The van der Waals surface area contributed by atoms with Crippen LogP contribution < -0.4 is 10.1 Å². The first-order chi connectivity index (χ1) is 14.7. The molecule has 31 heavy (non-hydrogen) atoms. The van der Waals surface area contributed by atoms with E-state index in [1.165, 1.54) is 30.4 Å². The highest BCUT2D eigenvalue weighted by molar-refractivity contribution is 7.17. The summed E-state index contributed by atoms with van der Waals surface area (Å²) >= 11 is 1.32. The predicted molar refractivity (Wildman–Crippen MR) is 117 cm³/mol. The molecule has 1 N–H and O–H groups in total. The molecule has 3 heterocycles. The Morgan fingerprint density at radius 1 is 1.32 bits per heavy atom. The van der Waals surface area contributed by atoms with E-state index in [1.54, 1.807) is 17.7 Å². The van der Waals surface area contributed by atoms with Gasteiger partial charge in [-0.3, -0.25) is 14.3 Å². The number of carbonyl (C=O) groups excluding carboxylic acids is 2. The third-order valence-corrected chi connectivity index (χ3v) is 6.60. The van der Waals surface area contributed by atoms with Crippen LogP contribution in [0.5, 0.6) is 5.75 Å². The number of rotatable bonds is 6. The second kappa shape index (κ2) is 8.26. The number of nitrogens with zero attached hydrogens (tertiary/aromatic N) is 2. The highest BCUT2D eigenvalue weighted by Crippen LogP contribution is 2.42. The Morgan fingerprint density at radius 3 is 2.74 bits per heavy atom. The van der Waals surface area contributed by atoms with Crippen LogP contribution in [0.15, 0.2) is 30.3 Å². The topological polar surface area (TPSA) is 73.2 Å². The maximum atomic E-state index is 14.3. The highest BCUT2D eigenvalue weighted by atomic mass is 32.1. The molecule has 1 aliphatic rings. The molecule has 6 nitrogen and oxygen atoms in total. The van der Waals surface area contributed by atoms with E-state index in [2.05, 4.69) is 10.4 Å². The van der Waals surface area contributed by atoms with Crippen LogP contribution in [0.1, 0.15) is 46.5 Å². The van der Waals surface area contributed by atoms with Gasteiger partial charge in [0.05, 0.1) is 17.1 Å². The lowest BCUT2D eigenvalue weighted by atomic mass is 10.0. The van der Waals surface area contributed by atoms with Crippen molar-refractivity contribution >= 4 is 23.0 Å². The molecule has 4 rings (SSSR count). The van der Waals surface area contributed by atoms with E-state index in [9.17, 15) is 14.0 Å². The van der Waals surface area contributed by atoms with Crippen molar-refractivity contribution in [1.82, 2.24) is 15.1 Å². The number of ether oxygens (including phenoxy) is 1. The number of nitrogens with one attached hydrogen (secondary N) is 1. The lowest BCUT2D eigenvalue weighted by Gasteiger charge is -2.17.